The Morgan fingerprint density at radius 2 is 2.31 bits per heavy atom. The summed E-state index contributed by atoms with van der Waals surface area (Å²) < 4.78 is 0. The molecule has 1 aliphatic rings. The van der Waals surface area contributed by atoms with E-state index in [2.05, 4.69) is 17.2 Å². The van der Waals surface area contributed by atoms with E-state index in [1.54, 1.807) is 6.07 Å². The van der Waals surface area contributed by atoms with Crippen LogP contribution in [0.4, 0.5) is 11.5 Å². The van der Waals surface area contributed by atoms with Crippen molar-refractivity contribution in [2.24, 2.45) is 5.92 Å². The molecule has 0 spiro atoms. The molecule has 1 saturated carbocycles. The molecule has 1 atom stereocenters. The summed E-state index contributed by atoms with van der Waals surface area (Å²) in [6, 6.07) is 1.95. The Morgan fingerprint density at radius 1 is 1.62 bits per heavy atom. The number of anilines is 1. The zero-order chi connectivity index (χ0) is 11.7. The Kier molecular flexibility index (Phi) is 2.77. The van der Waals surface area contributed by atoms with Crippen molar-refractivity contribution in [2.45, 2.75) is 32.7 Å². The second-order valence-corrected chi connectivity index (χ2v) is 4.39. The molecule has 2 rings (SSSR count). The fourth-order valence-corrected chi connectivity index (χ4v) is 1.74. The summed E-state index contributed by atoms with van der Waals surface area (Å²) in [7, 11) is 0. The number of aryl methyl sites for hydroxylation is 1. The Labute approximate surface area is 94.0 Å². The summed E-state index contributed by atoms with van der Waals surface area (Å²) in [5.74, 6) is 1.49. The highest BCUT2D eigenvalue weighted by atomic mass is 16.6. The van der Waals surface area contributed by atoms with E-state index in [4.69, 9.17) is 0 Å². The van der Waals surface area contributed by atoms with E-state index >= 15 is 0 Å². The van der Waals surface area contributed by atoms with Crippen molar-refractivity contribution in [1.29, 1.82) is 0 Å². The zero-order valence-electron chi connectivity index (χ0n) is 9.43. The quantitative estimate of drug-likeness (QED) is 0.626. The van der Waals surface area contributed by atoms with Gasteiger partial charge in [0, 0.05) is 12.1 Å². The lowest BCUT2D eigenvalue weighted by atomic mass is 10.2. The van der Waals surface area contributed by atoms with Crippen LogP contribution in [0.1, 0.15) is 25.3 Å². The molecule has 1 unspecified atom stereocenters. The number of aromatic nitrogens is 1. The Hall–Kier alpha value is -1.65. The molecule has 0 aliphatic heterocycles. The minimum Gasteiger partial charge on any atom is -0.367 e. The van der Waals surface area contributed by atoms with Crippen LogP contribution < -0.4 is 5.32 Å². The topological polar surface area (TPSA) is 68.1 Å². The van der Waals surface area contributed by atoms with Gasteiger partial charge in [-0.15, -0.1) is 0 Å². The lowest BCUT2D eigenvalue weighted by molar-refractivity contribution is -0.385. The number of nitrogens with one attached hydrogen (secondary N) is 1. The van der Waals surface area contributed by atoms with Crippen LogP contribution in [0.25, 0.3) is 0 Å². The van der Waals surface area contributed by atoms with Gasteiger partial charge in [0.2, 0.25) is 0 Å². The van der Waals surface area contributed by atoms with Crippen LogP contribution in [0.15, 0.2) is 12.3 Å². The van der Waals surface area contributed by atoms with Crippen LogP contribution in [-0.4, -0.2) is 15.9 Å². The molecular weight excluding hydrogens is 206 g/mol. The van der Waals surface area contributed by atoms with E-state index in [9.17, 15) is 10.1 Å². The maximum Gasteiger partial charge on any atom is 0.287 e. The maximum absolute atomic E-state index is 10.6. The minimum absolute atomic E-state index is 0.0436. The van der Waals surface area contributed by atoms with Gasteiger partial charge in [0.05, 0.1) is 4.92 Å². The summed E-state index contributed by atoms with van der Waals surface area (Å²) in [6.45, 7) is 3.96. The highest BCUT2D eigenvalue weighted by Crippen LogP contribution is 2.34. The van der Waals surface area contributed by atoms with E-state index in [0.29, 0.717) is 6.04 Å². The summed E-state index contributed by atoms with van der Waals surface area (Å²) in [4.78, 5) is 14.2. The van der Waals surface area contributed by atoms with Crippen LogP contribution in [0.5, 0.6) is 0 Å². The minimum atomic E-state index is -0.423. The first-order valence-electron chi connectivity index (χ1n) is 5.45. The van der Waals surface area contributed by atoms with E-state index in [-0.39, 0.29) is 5.69 Å². The molecule has 0 amide bonds. The van der Waals surface area contributed by atoms with E-state index in [1.165, 1.54) is 19.0 Å². The van der Waals surface area contributed by atoms with Gasteiger partial charge in [0.1, 0.15) is 12.0 Å². The summed E-state index contributed by atoms with van der Waals surface area (Å²) in [5, 5.41) is 13.9. The second-order valence-electron chi connectivity index (χ2n) is 4.39. The van der Waals surface area contributed by atoms with Gasteiger partial charge in [-0.2, -0.15) is 0 Å². The first-order valence-corrected chi connectivity index (χ1v) is 5.45. The average Bonchev–Trinajstić information content (AvgIpc) is 3.03. The highest BCUT2D eigenvalue weighted by Gasteiger charge is 2.28. The molecule has 5 nitrogen and oxygen atoms in total. The van der Waals surface area contributed by atoms with Crippen molar-refractivity contribution in [2.75, 3.05) is 5.32 Å². The Bertz CT molecular complexity index is 416. The molecule has 16 heavy (non-hydrogen) atoms. The molecule has 1 aliphatic carbocycles. The van der Waals surface area contributed by atoms with Gasteiger partial charge in [-0.1, -0.05) is 0 Å². The Balaban J connectivity index is 2.12. The number of hydrogen-bond donors (Lipinski definition) is 1. The summed E-state index contributed by atoms with van der Waals surface area (Å²) in [5.41, 5.74) is 0.865. The SMILES string of the molecule is Cc1cc([N+](=O)[O-])cnc1NC(C)C1CC1. The average molecular weight is 221 g/mol. The van der Waals surface area contributed by atoms with Gasteiger partial charge < -0.3 is 5.32 Å². The van der Waals surface area contributed by atoms with E-state index < -0.39 is 4.92 Å². The summed E-state index contributed by atoms with van der Waals surface area (Å²) in [6.07, 6.45) is 3.83. The van der Waals surface area contributed by atoms with Crippen molar-refractivity contribution in [3.63, 3.8) is 0 Å². The molecule has 86 valence electrons. The number of nitrogens with zero attached hydrogens (tertiary/aromatic N) is 2. The molecule has 1 N–H and O–H groups in total. The third-order valence-electron chi connectivity index (χ3n) is 2.97. The molecule has 1 heterocycles. The fraction of sp³-hybridized carbons (Fsp3) is 0.545. The molecule has 0 aromatic carbocycles. The van der Waals surface area contributed by atoms with Gasteiger partial charge >= 0.3 is 0 Å². The predicted octanol–water partition coefficient (Wildman–Crippen LogP) is 2.51. The molecule has 0 radical (unpaired) electrons. The molecule has 1 fully saturated rings. The van der Waals surface area contributed by atoms with Crippen LogP contribution in [-0.2, 0) is 0 Å². The molecule has 0 bridgehead atoms. The van der Waals surface area contributed by atoms with Gasteiger partial charge in [-0.25, -0.2) is 4.98 Å². The van der Waals surface area contributed by atoms with Crippen molar-refractivity contribution < 1.29 is 4.92 Å². The summed E-state index contributed by atoms with van der Waals surface area (Å²) >= 11 is 0. The number of pyridine rings is 1. The van der Waals surface area contributed by atoms with E-state index in [1.807, 2.05) is 6.92 Å². The van der Waals surface area contributed by atoms with Crippen molar-refractivity contribution in [1.82, 2.24) is 4.98 Å². The lowest BCUT2D eigenvalue weighted by Crippen LogP contribution is -2.18. The van der Waals surface area contributed by atoms with Crippen LogP contribution in [0, 0.1) is 23.0 Å². The van der Waals surface area contributed by atoms with Gasteiger partial charge in [-0.3, -0.25) is 10.1 Å². The first kappa shape index (κ1) is 10.9. The fourth-order valence-electron chi connectivity index (χ4n) is 1.74. The molecule has 5 heteroatoms. The lowest BCUT2D eigenvalue weighted by Gasteiger charge is -2.14. The van der Waals surface area contributed by atoms with Crippen molar-refractivity contribution in [3.05, 3.63) is 27.9 Å². The third-order valence-corrected chi connectivity index (χ3v) is 2.97. The van der Waals surface area contributed by atoms with Crippen LogP contribution in [0.3, 0.4) is 0 Å². The van der Waals surface area contributed by atoms with Gasteiger partial charge in [0.25, 0.3) is 5.69 Å². The zero-order valence-corrected chi connectivity index (χ0v) is 9.43. The number of nitro groups is 1. The van der Waals surface area contributed by atoms with Crippen LogP contribution >= 0.6 is 0 Å². The third kappa shape index (κ3) is 2.29. The Morgan fingerprint density at radius 3 is 2.81 bits per heavy atom. The standard InChI is InChI=1S/C11H15N3O2/c1-7-5-10(14(15)16)6-12-11(7)13-8(2)9-3-4-9/h5-6,8-9H,3-4H2,1-2H3,(H,12,13). The molecule has 1 aromatic heterocycles. The number of hydrogen-bond acceptors (Lipinski definition) is 4. The number of rotatable bonds is 4. The van der Waals surface area contributed by atoms with E-state index in [0.717, 1.165) is 17.3 Å². The monoisotopic (exact) mass is 221 g/mol. The van der Waals surface area contributed by atoms with Gasteiger partial charge in [0.15, 0.2) is 0 Å². The largest absolute Gasteiger partial charge is 0.367 e. The normalized spacial score (nSPS) is 16.9. The smallest absolute Gasteiger partial charge is 0.287 e. The van der Waals surface area contributed by atoms with Crippen molar-refractivity contribution >= 4 is 11.5 Å². The van der Waals surface area contributed by atoms with Crippen LogP contribution in [0.2, 0.25) is 0 Å². The second kappa shape index (κ2) is 4.08. The maximum atomic E-state index is 10.6. The first-order chi connectivity index (χ1) is 7.58. The van der Waals surface area contributed by atoms with Gasteiger partial charge in [-0.05, 0) is 38.2 Å². The molecule has 0 saturated heterocycles. The highest BCUT2D eigenvalue weighted by molar-refractivity contribution is 5.48. The predicted molar refractivity (Wildman–Crippen MR) is 61.4 cm³/mol. The molecular formula is C11H15N3O2. The molecule has 1 aromatic rings. The van der Waals surface area contributed by atoms with Crippen molar-refractivity contribution in [3.8, 4) is 0 Å².